The Balaban J connectivity index is 1.12. The van der Waals surface area contributed by atoms with Gasteiger partial charge in [-0.3, -0.25) is 4.79 Å². The smallest absolute Gasteiger partial charge is 0.407 e. The molecule has 0 radical (unpaired) electrons. The zero-order valence-corrected chi connectivity index (χ0v) is 18.4. The molecule has 0 spiro atoms. The van der Waals surface area contributed by atoms with E-state index in [1.54, 1.807) is 0 Å². The Morgan fingerprint density at radius 1 is 0.909 bits per heavy atom. The van der Waals surface area contributed by atoms with Gasteiger partial charge >= 0.3 is 12.1 Å². The van der Waals surface area contributed by atoms with Gasteiger partial charge < -0.3 is 20.1 Å². The van der Waals surface area contributed by atoms with E-state index < -0.39 is 18.1 Å². The number of fused-ring (bicyclic) bond motifs is 3. The van der Waals surface area contributed by atoms with Gasteiger partial charge in [0.2, 0.25) is 5.91 Å². The van der Waals surface area contributed by atoms with Crippen LogP contribution in [0.1, 0.15) is 49.1 Å². The van der Waals surface area contributed by atoms with Crippen LogP contribution in [0.5, 0.6) is 0 Å². The molecule has 0 bridgehead atoms. The van der Waals surface area contributed by atoms with Gasteiger partial charge in [0.1, 0.15) is 12.6 Å². The molecule has 2 fully saturated rings. The topological polar surface area (TPSA) is 95.9 Å². The molecule has 3 aliphatic rings. The average molecular weight is 449 g/mol. The number of carbonyl (C=O) groups is 3. The monoisotopic (exact) mass is 448 g/mol. The molecule has 2 aromatic rings. The number of hydrogen-bond acceptors (Lipinski definition) is 4. The summed E-state index contributed by atoms with van der Waals surface area (Å²) in [5, 5.41) is 12.1. The quantitative estimate of drug-likeness (QED) is 0.726. The fourth-order valence-electron chi connectivity index (χ4n) is 5.43. The molecule has 172 valence electrons. The van der Waals surface area contributed by atoms with Gasteiger partial charge in [-0.05, 0) is 54.4 Å². The first kappa shape index (κ1) is 21.5. The second kappa shape index (κ2) is 8.89. The second-order valence-electron chi connectivity index (χ2n) is 9.19. The number of alkyl carbamates (subject to hydrolysis) is 1. The third-order valence-corrected chi connectivity index (χ3v) is 7.33. The summed E-state index contributed by atoms with van der Waals surface area (Å²) in [5.41, 5.74) is 4.74. The zero-order valence-electron chi connectivity index (χ0n) is 18.4. The van der Waals surface area contributed by atoms with Crippen LogP contribution in [0.25, 0.3) is 11.1 Å². The maximum Gasteiger partial charge on any atom is 0.407 e. The van der Waals surface area contributed by atoms with Crippen molar-refractivity contribution in [3.05, 3.63) is 59.7 Å². The molecule has 2 amide bonds. The van der Waals surface area contributed by atoms with E-state index in [9.17, 15) is 19.5 Å². The minimum atomic E-state index is -0.930. The van der Waals surface area contributed by atoms with Crippen molar-refractivity contribution in [2.45, 2.75) is 50.1 Å². The second-order valence-corrected chi connectivity index (χ2v) is 9.19. The minimum absolute atomic E-state index is 0.0233. The van der Waals surface area contributed by atoms with Gasteiger partial charge in [-0.2, -0.15) is 0 Å². The summed E-state index contributed by atoms with van der Waals surface area (Å²) in [7, 11) is 0. The number of amides is 2. The number of likely N-dealkylation sites (tertiary alicyclic amines) is 1. The van der Waals surface area contributed by atoms with Gasteiger partial charge in [-0.15, -0.1) is 0 Å². The molecule has 1 saturated heterocycles. The zero-order chi connectivity index (χ0) is 22.9. The predicted molar refractivity (Wildman–Crippen MR) is 122 cm³/mol. The van der Waals surface area contributed by atoms with Crippen LogP contribution in [0, 0.1) is 5.92 Å². The number of carbonyl (C=O) groups excluding carboxylic acids is 2. The van der Waals surface area contributed by atoms with Crippen molar-refractivity contribution in [2.75, 3.05) is 13.2 Å². The number of benzene rings is 2. The molecule has 0 aromatic heterocycles. The number of hydrogen-bond donors (Lipinski definition) is 2. The number of aliphatic carboxylic acids is 1. The summed E-state index contributed by atoms with van der Waals surface area (Å²) in [4.78, 5) is 37.8. The van der Waals surface area contributed by atoms with E-state index in [1.165, 1.54) is 27.2 Å². The van der Waals surface area contributed by atoms with Crippen molar-refractivity contribution in [1.29, 1.82) is 0 Å². The van der Waals surface area contributed by atoms with Gasteiger partial charge in [0.25, 0.3) is 0 Å². The molecule has 1 atom stereocenters. The van der Waals surface area contributed by atoms with Crippen LogP contribution in [0.2, 0.25) is 0 Å². The standard InChI is InChI=1S/C26H28N2O5/c29-24(28-14-13-23(28)25(30)31)16-9-11-17(12-10-16)27-26(32)33-15-22-20-7-3-1-5-18(20)19-6-2-4-8-21(19)22/h1-8,16-17,22-23H,9-15H2,(H,27,32)(H,30,31). The summed E-state index contributed by atoms with van der Waals surface area (Å²) in [6.45, 7) is 0.799. The van der Waals surface area contributed by atoms with Crippen molar-refractivity contribution in [3.8, 4) is 11.1 Å². The molecular formula is C26H28N2O5. The first-order chi connectivity index (χ1) is 16.0. The molecule has 2 aliphatic carbocycles. The first-order valence-electron chi connectivity index (χ1n) is 11.7. The Labute approximate surface area is 192 Å². The maximum absolute atomic E-state index is 12.6. The lowest BCUT2D eigenvalue weighted by molar-refractivity contribution is -0.159. The van der Waals surface area contributed by atoms with E-state index in [0.29, 0.717) is 38.6 Å². The molecule has 1 saturated carbocycles. The molecule has 1 aliphatic heterocycles. The van der Waals surface area contributed by atoms with Gasteiger partial charge in [0, 0.05) is 24.4 Å². The third kappa shape index (κ3) is 4.08. The lowest BCUT2D eigenvalue weighted by Gasteiger charge is -2.41. The van der Waals surface area contributed by atoms with Gasteiger partial charge in [-0.1, -0.05) is 48.5 Å². The molecular weight excluding hydrogens is 420 g/mol. The molecule has 7 nitrogen and oxygen atoms in total. The molecule has 5 rings (SSSR count). The van der Waals surface area contributed by atoms with Crippen LogP contribution < -0.4 is 5.32 Å². The van der Waals surface area contributed by atoms with E-state index in [0.717, 1.165) is 0 Å². The predicted octanol–water partition coefficient (Wildman–Crippen LogP) is 3.77. The largest absolute Gasteiger partial charge is 0.480 e. The number of ether oxygens (including phenoxy) is 1. The van der Waals surface area contributed by atoms with Crippen molar-refractivity contribution >= 4 is 18.0 Å². The highest BCUT2D eigenvalue weighted by molar-refractivity contribution is 5.87. The molecule has 7 heteroatoms. The average Bonchev–Trinajstić information content (AvgIpc) is 3.11. The van der Waals surface area contributed by atoms with Crippen molar-refractivity contribution in [1.82, 2.24) is 10.2 Å². The lowest BCUT2D eigenvalue weighted by Crippen LogP contribution is -2.57. The van der Waals surface area contributed by atoms with Crippen molar-refractivity contribution in [3.63, 3.8) is 0 Å². The normalized spacial score (nSPS) is 23.8. The van der Waals surface area contributed by atoms with E-state index in [2.05, 4.69) is 29.6 Å². The maximum atomic E-state index is 12.6. The summed E-state index contributed by atoms with van der Waals surface area (Å²) in [5.74, 6) is -1.13. The summed E-state index contributed by atoms with van der Waals surface area (Å²) in [6.07, 6.45) is 2.77. The number of carboxylic acids is 1. The van der Waals surface area contributed by atoms with E-state index >= 15 is 0 Å². The van der Waals surface area contributed by atoms with E-state index in [4.69, 9.17) is 4.74 Å². The fourth-order valence-corrected chi connectivity index (χ4v) is 5.43. The number of nitrogens with one attached hydrogen (secondary N) is 1. The van der Waals surface area contributed by atoms with Gasteiger partial charge in [0.15, 0.2) is 0 Å². The van der Waals surface area contributed by atoms with Crippen LogP contribution in [-0.2, 0) is 14.3 Å². The highest BCUT2D eigenvalue weighted by Crippen LogP contribution is 2.44. The highest BCUT2D eigenvalue weighted by atomic mass is 16.5. The summed E-state index contributed by atoms with van der Waals surface area (Å²) >= 11 is 0. The Hall–Kier alpha value is -3.35. The minimum Gasteiger partial charge on any atom is -0.480 e. The first-order valence-corrected chi connectivity index (χ1v) is 11.7. The molecule has 2 aromatic carbocycles. The Bertz CT molecular complexity index is 1030. The Morgan fingerprint density at radius 3 is 2.06 bits per heavy atom. The van der Waals surface area contributed by atoms with Gasteiger partial charge in [0.05, 0.1) is 0 Å². The van der Waals surface area contributed by atoms with E-state index in [-0.39, 0.29) is 30.4 Å². The van der Waals surface area contributed by atoms with Gasteiger partial charge in [-0.25, -0.2) is 9.59 Å². The van der Waals surface area contributed by atoms with E-state index in [1.807, 2.05) is 24.3 Å². The van der Waals surface area contributed by atoms with Crippen LogP contribution in [0.3, 0.4) is 0 Å². The SMILES string of the molecule is O=C(NC1CCC(C(=O)N2CCC2C(=O)O)CC1)OCC1c2ccccc2-c2ccccc21. The third-order valence-electron chi connectivity index (χ3n) is 7.33. The molecule has 2 N–H and O–H groups in total. The number of rotatable bonds is 5. The summed E-state index contributed by atoms with van der Waals surface area (Å²) < 4.78 is 5.63. The molecule has 33 heavy (non-hydrogen) atoms. The number of carboxylic acid groups (broad SMARTS) is 1. The molecule has 1 unspecified atom stereocenters. The highest BCUT2D eigenvalue weighted by Gasteiger charge is 2.41. The fraction of sp³-hybridized carbons (Fsp3) is 0.423. The number of nitrogens with zero attached hydrogens (tertiary/aromatic N) is 1. The van der Waals surface area contributed by atoms with Crippen LogP contribution in [0.15, 0.2) is 48.5 Å². The lowest BCUT2D eigenvalue weighted by atomic mass is 9.84. The van der Waals surface area contributed by atoms with Crippen LogP contribution in [0.4, 0.5) is 4.79 Å². The summed E-state index contributed by atoms with van der Waals surface area (Å²) in [6, 6.07) is 15.8. The van der Waals surface area contributed by atoms with Crippen molar-refractivity contribution in [2.24, 2.45) is 5.92 Å². The Kier molecular flexibility index (Phi) is 5.79. The van der Waals surface area contributed by atoms with Crippen molar-refractivity contribution < 1.29 is 24.2 Å². The van der Waals surface area contributed by atoms with Crippen LogP contribution in [-0.4, -0.2) is 53.2 Å². The molecule has 1 heterocycles. The van der Waals surface area contributed by atoms with Crippen LogP contribution >= 0.6 is 0 Å². The Morgan fingerprint density at radius 2 is 1.52 bits per heavy atom.